The highest BCUT2D eigenvalue weighted by Gasteiger charge is 2.14. The maximum atomic E-state index is 11.9. The number of aromatic nitrogens is 2. The molecule has 0 aliphatic heterocycles. The van der Waals surface area contributed by atoms with Gasteiger partial charge in [0.15, 0.2) is 0 Å². The summed E-state index contributed by atoms with van der Waals surface area (Å²) in [7, 11) is 0. The number of amides is 1. The first-order chi connectivity index (χ1) is 10.0. The normalized spacial score (nSPS) is 10.1. The zero-order valence-electron chi connectivity index (χ0n) is 11.3. The minimum Gasteiger partial charge on any atom is -0.477 e. The second-order valence-electron chi connectivity index (χ2n) is 4.26. The van der Waals surface area contributed by atoms with Crippen molar-refractivity contribution in [1.29, 1.82) is 0 Å². The molecule has 0 atom stereocenters. The summed E-state index contributed by atoms with van der Waals surface area (Å²) in [4.78, 5) is 30.8. The van der Waals surface area contributed by atoms with Gasteiger partial charge in [0.1, 0.15) is 17.2 Å². The Labute approximate surface area is 120 Å². The Hall–Kier alpha value is -2.96. The van der Waals surface area contributed by atoms with Crippen molar-refractivity contribution in [3.05, 3.63) is 41.9 Å². The van der Waals surface area contributed by atoms with Gasteiger partial charge in [0.2, 0.25) is 0 Å². The molecule has 0 saturated heterocycles. The molecule has 7 nitrogen and oxygen atoms in total. The summed E-state index contributed by atoms with van der Waals surface area (Å²) in [5.41, 5.74) is 6.55. The van der Waals surface area contributed by atoms with E-state index in [-0.39, 0.29) is 11.4 Å². The monoisotopic (exact) mass is 286 g/mol. The van der Waals surface area contributed by atoms with Crippen LogP contribution in [-0.4, -0.2) is 33.5 Å². The first-order valence-electron chi connectivity index (χ1n) is 6.26. The van der Waals surface area contributed by atoms with Gasteiger partial charge in [-0.1, -0.05) is 0 Å². The van der Waals surface area contributed by atoms with Crippen molar-refractivity contribution in [2.75, 3.05) is 12.3 Å². The van der Waals surface area contributed by atoms with Crippen LogP contribution in [0.3, 0.4) is 0 Å². The number of carboxylic acid groups (broad SMARTS) is 1. The Bertz CT molecular complexity index is 683. The molecule has 4 N–H and O–H groups in total. The number of nitrogens with zero attached hydrogens (tertiary/aromatic N) is 2. The molecule has 0 bridgehead atoms. The van der Waals surface area contributed by atoms with Crippen molar-refractivity contribution in [1.82, 2.24) is 15.3 Å². The largest absolute Gasteiger partial charge is 0.477 e. The second-order valence-corrected chi connectivity index (χ2v) is 4.26. The zero-order chi connectivity index (χ0) is 15.4. The highest BCUT2D eigenvalue weighted by atomic mass is 16.4. The van der Waals surface area contributed by atoms with Crippen LogP contribution in [0.15, 0.2) is 30.5 Å². The fourth-order valence-corrected chi connectivity index (χ4v) is 1.75. The van der Waals surface area contributed by atoms with Gasteiger partial charge in [-0.25, -0.2) is 14.8 Å². The average Bonchev–Trinajstić information content (AvgIpc) is 2.47. The molecule has 2 aromatic heterocycles. The van der Waals surface area contributed by atoms with Crippen LogP contribution in [0.2, 0.25) is 0 Å². The number of aromatic carboxylic acids is 1. The number of carboxylic acids is 1. The Kier molecular flexibility index (Phi) is 4.13. The van der Waals surface area contributed by atoms with Crippen LogP contribution < -0.4 is 11.1 Å². The number of rotatable bonds is 4. The molecule has 2 rings (SSSR count). The summed E-state index contributed by atoms with van der Waals surface area (Å²) in [6, 6.07) is 6.20. The number of hydrogen-bond acceptors (Lipinski definition) is 5. The second kappa shape index (κ2) is 6.00. The van der Waals surface area contributed by atoms with E-state index < -0.39 is 11.9 Å². The predicted octanol–water partition coefficient (Wildman–Crippen LogP) is 1.17. The SMILES string of the molecule is CCNC(=O)c1cc(-c2ccc(N)nc2)cc(C(=O)O)n1. The predicted molar refractivity (Wildman–Crippen MR) is 76.8 cm³/mol. The third-order valence-electron chi connectivity index (χ3n) is 2.73. The van der Waals surface area contributed by atoms with Crippen molar-refractivity contribution in [3.63, 3.8) is 0 Å². The van der Waals surface area contributed by atoms with E-state index in [1.165, 1.54) is 18.3 Å². The standard InChI is InChI=1S/C14H14N4O3/c1-2-16-13(19)10-5-9(6-11(18-10)14(20)21)8-3-4-12(15)17-7-8/h3-7H,2H2,1H3,(H2,15,17)(H,16,19)(H,20,21). The quantitative estimate of drug-likeness (QED) is 0.776. The number of pyridine rings is 2. The molecule has 2 aromatic rings. The summed E-state index contributed by atoms with van der Waals surface area (Å²) < 4.78 is 0. The number of carbonyl (C=O) groups is 2. The molecule has 0 saturated carbocycles. The van der Waals surface area contributed by atoms with Crippen LogP contribution in [0.5, 0.6) is 0 Å². The molecular weight excluding hydrogens is 272 g/mol. The molecule has 0 unspecified atom stereocenters. The van der Waals surface area contributed by atoms with Crippen LogP contribution in [0.4, 0.5) is 5.82 Å². The molecule has 0 spiro atoms. The lowest BCUT2D eigenvalue weighted by Gasteiger charge is -2.07. The molecule has 1 amide bonds. The van der Waals surface area contributed by atoms with E-state index in [9.17, 15) is 9.59 Å². The van der Waals surface area contributed by atoms with Gasteiger partial charge in [-0.2, -0.15) is 0 Å². The first kappa shape index (κ1) is 14.4. The van der Waals surface area contributed by atoms with Crippen LogP contribution in [0, 0.1) is 0 Å². The molecule has 0 aliphatic rings. The van der Waals surface area contributed by atoms with Crippen LogP contribution in [0.25, 0.3) is 11.1 Å². The summed E-state index contributed by atoms with van der Waals surface area (Å²) in [5, 5.41) is 11.7. The maximum Gasteiger partial charge on any atom is 0.354 e. The van der Waals surface area contributed by atoms with Gasteiger partial charge in [-0.3, -0.25) is 4.79 Å². The van der Waals surface area contributed by atoms with Gasteiger partial charge in [0.05, 0.1) is 0 Å². The van der Waals surface area contributed by atoms with Crippen molar-refractivity contribution in [2.45, 2.75) is 6.92 Å². The molecule has 0 radical (unpaired) electrons. The lowest BCUT2D eigenvalue weighted by Crippen LogP contribution is -2.24. The topological polar surface area (TPSA) is 118 Å². The number of nitrogens with one attached hydrogen (secondary N) is 1. The van der Waals surface area contributed by atoms with Crippen molar-refractivity contribution in [2.24, 2.45) is 0 Å². The van der Waals surface area contributed by atoms with Gasteiger partial charge in [0.25, 0.3) is 5.91 Å². The number of carbonyl (C=O) groups excluding carboxylic acids is 1. The molecule has 2 heterocycles. The number of hydrogen-bond donors (Lipinski definition) is 3. The third kappa shape index (κ3) is 3.33. The van der Waals surface area contributed by atoms with Crippen molar-refractivity contribution < 1.29 is 14.7 Å². The van der Waals surface area contributed by atoms with Gasteiger partial charge < -0.3 is 16.2 Å². The first-order valence-corrected chi connectivity index (χ1v) is 6.26. The molecule has 108 valence electrons. The molecule has 0 aliphatic carbocycles. The molecular formula is C14H14N4O3. The highest BCUT2D eigenvalue weighted by molar-refractivity contribution is 5.96. The molecule has 21 heavy (non-hydrogen) atoms. The Morgan fingerprint density at radius 2 is 1.95 bits per heavy atom. The maximum absolute atomic E-state index is 11.9. The summed E-state index contributed by atoms with van der Waals surface area (Å²) in [6.07, 6.45) is 1.51. The minimum absolute atomic E-state index is 0.0450. The van der Waals surface area contributed by atoms with Gasteiger partial charge >= 0.3 is 5.97 Å². The molecule has 0 aromatic carbocycles. The van der Waals surface area contributed by atoms with E-state index in [1.807, 2.05) is 0 Å². The highest BCUT2D eigenvalue weighted by Crippen LogP contribution is 2.21. The van der Waals surface area contributed by atoms with Gasteiger partial charge in [-0.15, -0.1) is 0 Å². The minimum atomic E-state index is -1.20. The Balaban J connectivity index is 2.52. The van der Waals surface area contributed by atoms with E-state index >= 15 is 0 Å². The fraction of sp³-hybridized carbons (Fsp3) is 0.143. The van der Waals surface area contributed by atoms with E-state index in [1.54, 1.807) is 19.1 Å². The lowest BCUT2D eigenvalue weighted by atomic mass is 10.1. The van der Waals surface area contributed by atoms with Crippen LogP contribution >= 0.6 is 0 Å². The Morgan fingerprint density at radius 1 is 1.24 bits per heavy atom. The van der Waals surface area contributed by atoms with Gasteiger partial charge in [-0.05, 0) is 36.8 Å². The van der Waals surface area contributed by atoms with Crippen molar-refractivity contribution >= 4 is 17.7 Å². The van der Waals surface area contributed by atoms with E-state index in [4.69, 9.17) is 10.8 Å². The third-order valence-corrected chi connectivity index (χ3v) is 2.73. The van der Waals surface area contributed by atoms with Crippen molar-refractivity contribution in [3.8, 4) is 11.1 Å². The number of nitrogen functional groups attached to an aromatic ring is 1. The lowest BCUT2D eigenvalue weighted by molar-refractivity contribution is 0.0690. The molecule has 0 fully saturated rings. The number of nitrogens with two attached hydrogens (primary N) is 1. The van der Waals surface area contributed by atoms with E-state index in [0.29, 0.717) is 23.5 Å². The van der Waals surface area contributed by atoms with Gasteiger partial charge in [0, 0.05) is 18.3 Å². The van der Waals surface area contributed by atoms with E-state index in [0.717, 1.165) is 0 Å². The number of anilines is 1. The van der Waals surface area contributed by atoms with Crippen LogP contribution in [-0.2, 0) is 0 Å². The average molecular weight is 286 g/mol. The fourth-order valence-electron chi connectivity index (χ4n) is 1.75. The summed E-state index contributed by atoms with van der Waals surface area (Å²) >= 11 is 0. The molecule has 7 heteroatoms. The summed E-state index contributed by atoms with van der Waals surface area (Å²) in [5.74, 6) is -1.27. The van der Waals surface area contributed by atoms with Crippen LogP contribution in [0.1, 0.15) is 27.9 Å². The smallest absolute Gasteiger partial charge is 0.354 e. The summed E-state index contributed by atoms with van der Waals surface area (Å²) in [6.45, 7) is 2.19. The van der Waals surface area contributed by atoms with E-state index in [2.05, 4.69) is 15.3 Å². The Morgan fingerprint density at radius 3 is 2.52 bits per heavy atom. The zero-order valence-corrected chi connectivity index (χ0v) is 11.3.